The number of unbranched alkanes of at least 4 members (excludes halogenated alkanes) is 2. The van der Waals surface area contributed by atoms with E-state index in [-0.39, 0.29) is 18.0 Å². The Morgan fingerprint density at radius 2 is 1.95 bits per heavy atom. The third-order valence-corrected chi connectivity index (χ3v) is 3.58. The van der Waals surface area contributed by atoms with Gasteiger partial charge in [0, 0.05) is 18.2 Å². The van der Waals surface area contributed by atoms with Crippen LogP contribution in [0.1, 0.15) is 51.6 Å². The van der Waals surface area contributed by atoms with Crippen LogP contribution in [0.15, 0.2) is 24.3 Å². The maximum absolute atomic E-state index is 12.0. The molecule has 0 fully saturated rings. The summed E-state index contributed by atoms with van der Waals surface area (Å²) in [5, 5.41) is 6.29. The van der Waals surface area contributed by atoms with Gasteiger partial charge in [-0.2, -0.15) is 0 Å². The van der Waals surface area contributed by atoms with Crippen molar-refractivity contribution in [3.63, 3.8) is 0 Å². The van der Waals surface area contributed by atoms with Gasteiger partial charge in [0.15, 0.2) is 0 Å². The number of ether oxygens (including phenoxy) is 1. The highest BCUT2D eigenvalue weighted by atomic mass is 16.5. The summed E-state index contributed by atoms with van der Waals surface area (Å²) in [6.07, 6.45) is 3.35. The Hall–Kier alpha value is -1.55. The predicted molar refractivity (Wildman–Crippen MR) is 86.5 cm³/mol. The maximum Gasteiger partial charge on any atom is 0.236 e. The Morgan fingerprint density at radius 1 is 1.24 bits per heavy atom. The standard InChI is InChI=1S/C17H28N2O2/c1-5-6-9-12-18-17(20)14(3)19-13(2)15-10-7-8-11-16(15)21-4/h7-8,10-11,13-14,19H,5-6,9,12H2,1-4H3,(H,18,20)/t13-,14?/m0/s1. The molecule has 0 aliphatic heterocycles. The summed E-state index contributed by atoms with van der Waals surface area (Å²) in [7, 11) is 1.66. The molecular weight excluding hydrogens is 264 g/mol. The van der Waals surface area contributed by atoms with Crippen molar-refractivity contribution in [3.8, 4) is 5.75 Å². The molecule has 1 rings (SSSR count). The van der Waals surface area contributed by atoms with Gasteiger partial charge in [-0.05, 0) is 26.3 Å². The first-order valence-electron chi connectivity index (χ1n) is 7.76. The van der Waals surface area contributed by atoms with E-state index in [2.05, 4.69) is 17.6 Å². The third kappa shape index (κ3) is 5.76. The lowest BCUT2D eigenvalue weighted by molar-refractivity contribution is -0.122. The van der Waals surface area contributed by atoms with Crippen LogP contribution in [0.4, 0.5) is 0 Å². The average Bonchev–Trinajstić information content (AvgIpc) is 2.51. The van der Waals surface area contributed by atoms with E-state index in [0.29, 0.717) is 0 Å². The fourth-order valence-corrected chi connectivity index (χ4v) is 2.30. The number of carbonyl (C=O) groups is 1. The van der Waals surface area contributed by atoms with Crippen LogP contribution in [0.25, 0.3) is 0 Å². The van der Waals surface area contributed by atoms with Crippen molar-refractivity contribution in [3.05, 3.63) is 29.8 Å². The van der Waals surface area contributed by atoms with Crippen molar-refractivity contribution < 1.29 is 9.53 Å². The van der Waals surface area contributed by atoms with Gasteiger partial charge >= 0.3 is 0 Å². The zero-order valence-electron chi connectivity index (χ0n) is 13.6. The third-order valence-electron chi connectivity index (χ3n) is 3.58. The summed E-state index contributed by atoms with van der Waals surface area (Å²) in [6, 6.07) is 7.69. The van der Waals surface area contributed by atoms with Gasteiger partial charge < -0.3 is 10.1 Å². The quantitative estimate of drug-likeness (QED) is 0.688. The first-order chi connectivity index (χ1) is 10.1. The highest BCUT2D eigenvalue weighted by molar-refractivity contribution is 5.81. The van der Waals surface area contributed by atoms with Gasteiger partial charge in [-0.15, -0.1) is 0 Å². The minimum absolute atomic E-state index is 0.0489. The van der Waals surface area contributed by atoms with E-state index in [9.17, 15) is 4.79 Å². The van der Waals surface area contributed by atoms with Crippen LogP contribution in [0.2, 0.25) is 0 Å². The number of benzene rings is 1. The Kier molecular flexibility index (Phi) is 7.83. The molecule has 4 heteroatoms. The number of hydrogen-bond acceptors (Lipinski definition) is 3. The normalized spacial score (nSPS) is 13.5. The number of methoxy groups -OCH3 is 1. The molecule has 0 aliphatic carbocycles. The fraction of sp³-hybridized carbons (Fsp3) is 0.588. The molecule has 0 heterocycles. The molecule has 0 bridgehead atoms. The van der Waals surface area contributed by atoms with Gasteiger partial charge in [-0.3, -0.25) is 10.1 Å². The number of para-hydroxylation sites is 1. The number of nitrogens with one attached hydrogen (secondary N) is 2. The minimum Gasteiger partial charge on any atom is -0.496 e. The molecule has 0 aromatic heterocycles. The van der Waals surface area contributed by atoms with Crippen molar-refractivity contribution in [2.45, 2.75) is 52.1 Å². The van der Waals surface area contributed by atoms with Crippen molar-refractivity contribution in [1.82, 2.24) is 10.6 Å². The van der Waals surface area contributed by atoms with Crippen LogP contribution in [0, 0.1) is 0 Å². The summed E-state index contributed by atoms with van der Waals surface area (Å²) in [4.78, 5) is 12.0. The number of hydrogen-bond donors (Lipinski definition) is 2. The zero-order valence-corrected chi connectivity index (χ0v) is 13.6. The second kappa shape index (κ2) is 9.40. The smallest absolute Gasteiger partial charge is 0.236 e. The van der Waals surface area contributed by atoms with Gasteiger partial charge in [0.05, 0.1) is 13.2 Å². The molecule has 4 nitrogen and oxygen atoms in total. The number of carbonyl (C=O) groups excluding carboxylic acids is 1. The molecule has 1 unspecified atom stereocenters. The Balaban J connectivity index is 2.49. The van der Waals surface area contributed by atoms with Gasteiger partial charge in [0.1, 0.15) is 5.75 Å². The van der Waals surface area contributed by atoms with E-state index in [1.807, 2.05) is 38.1 Å². The topological polar surface area (TPSA) is 50.4 Å². The number of rotatable bonds is 9. The van der Waals surface area contributed by atoms with Crippen LogP contribution in [0.3, 0.4) is 0 Å². The Morgan fingerprint density at radius 3 is 2.62 bits per heavy atom. The lowest BCUT2D eigenvalue weighted by atomic mass is 10.1. The molecule has 0 saturated heterocycles. The zero-order chi connectivity index (χ0) is 15.7. The summed E-state index contributed by atoms with van der Waals surface area (Å²) in [5.41, 5.74) is 1.06. The highest BCUT2D eigenvalue weighted by Gasteiger charge is 2.17. The largest absolute Gasteiger partial charge is 0.496 e. The molecule has 0 spiro atoms. The Labute approximate surface area is 128 Å². The van der Waals surface area contributed by atoms with E-state index in [1.54, 1.807) is 7.11 Å². The monoisotopic (exact) mass is 292 g/mol. The molecular formula is C17H28N2O2. The molecule has 2 atom stereocenters. The van der Waals surface area contributed by atoms with Gasteiger partial charge in [-0.1, -0.05) is 38.0 Å². The Bertz CT molecular complexity index is 435. The lowest BCUT2D eigenvalue weighted by Crippen LogP contribution is -2.43. The predicted octanol–water partition coefficient (Wildman–Crippen LogP) is 3.04. The van der Waals surface area contributed by atoms with Crippen LogP contribution < -0.4 is 15.4 Å². The van der Waals surface area contributed by atoms with E-state index < -0.39 is 0 Å². The minimum atomic E-state index is -0.230. The molecule has 1 amide bonds. The van der Waals surface area contributed by atoms with Crippen molar-refractivity contribution >= 4 is 5.91 Å². The highest BCUT2D eigenvalue weighted by Crippen LogP contribution is 2.24. The van der Waals surface area contributed by atoms with Gasteiger partial charge in [0.2, 0.25) is 5.91 Å². The van der Waals surface area contributed by atoms with Gasteiger partial charge in [-0.25, -0.2) is 0 Å². The molecule has 1 aromatic rings. The van der Waals surface area contributed by atoms with Crippen molar-refractivity contribution in [2.75, 3.05) is 13.7 Å². The van der Waals surface area contributed by atoms with Gasteiger partial charge in [0.25, 0.3) is 0 Å². The van der Waals surface area contributed by atoms with E-state index >= 15 is 0 Å². The van der Waals surface area contributed by atoms with Crippen LogP contribution in [-0.4, -0.2) is 25.6 Å². The molecule has 1 aromatic carbocycles. The van der Waals surface area contributed by atoms with E-state index in [0.717, 1.165) is 37.1 Å². The molecule has 0 radical (unpaired) electrons. The van der Waals surface area contributed by atoms with Crippen LogP contribution >= 0.6 is 0 Å². The first kappa shape index (κ1) is 17.5. The molecule has 21 heavy (non-hydrogen) atoms. The first-order valence-corrected chi connectivity index (χ1v) is 7.76. The van der Waals surface area contributed by atoms with E-state index in [4.69, 9.17) is 4.74 Å². The molecule has 118 valence electrons. The van der Waals surface area contributed by atoms with Crippen molar-refractivity contribution in [2.24, 2.45) is 0 Å². The summed E-state index contributed by atoms with van der Waals surface area (Å²) in [5.74, 6) is 0.890. The summed E-state index contributed by atoms with van der Waals surface area (Å²) < 4.78 is 5.36. The molecule has 2 N–H and O–H groups in total. The SMILES string of the molecule is CCCCCNC(=O)C(C)N[C@@H](C)c1ccccc1OC. The summed E-state index contributed by atoms with van der Waals surface area (Å²) >= 11 is 0. The van der Waals surface area contributed by atoms with E-state index in [1.165, 1.54) is 0 Å². The van der Waals surface area contributed by atoms with Crippen LogP contribution in [-0.2, 0) is 4.79 Å². The lowest BCUT2D eigenvalue weighted by Gasteiger charge is -2.21. The second-order valence-corrected chi connectivity index (χ2v) is 5.35. The average molecular weight is 292 g/mol. The van der Waals surface area contributed by atoms with Crippen molar-refractivity contribution in [1.29, 1.82) is 0 Å². The number of amides is 1. The fourth-order valence-electron chi connectivity index (χ4n) is 2.30. The summed E-state index contributed by atoms with van der Waals surface area (Å²) in [6.45, 7) is 6.84. The molecule has 0 saturated carbocycles. The maximum atomic E-state index is 12.0. The van der Waals surface area contributed by atoms with Crippen LogP contribution in [0.5, 0.6) is 5.75 Å². The molecule has 0 aliphatic rings. The second-order valence-electron chi connectivity index (χ2n) is 5.35.